The molecule has 2 aromatic rings. The van der Waals surface area contributed by atoms with Crippen molar-refractivity contribution in [1.29, 1.82) is 0 Å². The molecule has 136 valence electrons. The Kier molecular flexibility index (Phi) is 5.26. The van der Waals surface area contributed by atoms with Crippen molar-refractivity contribution < 1.29 is 14.3 Å². The Labute approximate surface area is 154 Å². The summed E-state index contributed by atoms with van der Waals surface area (Å²) in [5.41, 5.74) is 3.65. The van der Waals surface area contributed by atoms with Crippen LogP contribution >= 0.6 is 0 Å². The van der Waals surface area contributed by atoms with E-state index in [1.807, 2.05) is 63.2 Å². The Balaban J connectivity index is 1.71. The van der Waals surface area contributed by atoms with Crippen LogP contribution in [-0.4, -0.2) is 24.5 Å². The normalized spacial score (nSPS) is 16.0. The molecule has 0 saturated heterocycles. The molecule has 0 spiro atoms. The summed E-state index contributed by atoms with van der Waals surface area (Å²) in [5, 5.41) is 2.95. The third-order valence-corrected chi connectivity index (χ3v) is 4.57. The molecule has 3 rings (SSSR count). The molecule has 1 unspecified atom stereocenters. The van der Waals surface area contributed by atoms with Gasteiger partial charge in [0.05, 0.1) is 5.69 Å². The highest BCUT2D eigenvalue weighted by Gasteiger charge is 2.33. The molecule has 0 aliphatic carbocycles. The lowest BCUT2D eigenvalue weighted by atomic mass is 10.1. The third-order valence-electron chi connectivity index (χ3n) is 4.57. The van der Waals surface area contributed by atoms with Crippen LogP contribution in [0, 0.1) is 13.8 Å². The summed E-state index contributed by atoms with van der Waals surface area (Å²) in [4.78, 5) is 26.7. The predicted octanol–water partition coefficient (Wildman–Crippen LogP) is 3.84. The molecule has 0 aromatic heterocycles. The zero-order valence-electron chi connectivity index (χ0n) is 15.4. The fourth-order valence-corrected chi connectivity index (χ4v) is 3.06. The SMILES string of the molecule is CCC1Oc2ccccc2N(CCC(=O)Nc2cc(C)ccc2C)C1=O. The smallest absolute Gasteiger partial charge is 0.268 e. The van der Waals surface area contributed by atoms with E-state index < -0.39 is 6.10 Å². The van der Waals surface area contributed by atoms with Gasteiger partial charge in [-0.3, -0.25) is 9.59 Å². The van der Waals surface area contributed by atoms with Gasteiger partial charge in [-0.05, 0) is 49.6 Å². The van der Waals surface area contributed by atoms with E-state index >= 15 is 0 Å². The number of para-hydroxylation sites is 2. The molecule has 26 heavy (non-hydrogen) atoms. The first-order valence-corrected chi connectivity index (χ1v) is 8.93. The first kappa shape index (κ1) is 18.0. The molecular formula is C21H24N2O3. The number of ether oxygens (including phenoxy) is 1. The van der Waals surface area contributed by atoms with Gasteiger partial charge in [0.15, 0.2) is 6.10 Å². The number of fused-ring (bicyclic) bond motifs is 1. The second kappa shape index (κ2) is 7.60. The summed E-state index contributed by atoms with van der Waals surface area (Å²) >= 11 is 0. The quantitative estimate of drug-likeness (QED) is 0.889. The van der Waals surface area contributed by atoms with Gasteiger partial charge in [-0.25, -0.2) is 0 Å². The van der Waals surface area contributed by atoms with Gasteiger partial charge < -0.3 is 15.0 Å². The molecule has 1 N–H and O–H groups in total. The van der Waals surface area contributed by atoms with Crippen LogP contribution in [0.1, 0.15) is 30.9 Å². The van der Waals surface area contributed by atoms with Gasteiger partial charge >= 0.3 is 0 Å². The van der Waals surface area contributed by atoms with Crippen molar-refractivity contribution in [2.75, 3.05) is 16.8 Å². The fourth-order valence-electron chi connectivity index (χ4n) is 3.06. The van der Waals surface area contributed by atoms with Crippen LogP contribution in [0.25, 0.3) is 0 Å². The number of rotatable bonds is 5. The fraction of sp³-hybridized carbons (Fsp3) is 0.333. The van der Waals surface area contributed by atoms with Crippen LogP contribution in [0.3, 0.4) is 0 Å². The lowest BCUT2D eigenvalue weighted by Crippen LogP contribution is -2.46. The number of anilines is 2. The van der Waals surface area contributed by atoms with Crippen LogP contribution in [0.2, 0.25) is 0 Å². The summed E-state index contributed by atoms with van der Waals surface area (Å²) in [6, 6.07) is 13.4. The summed E-state index contributed by atoms with van der Waals surface area (Å²) in [7, 11) is 0. The number of nitrogens with one attached hydrogen (secondary N) is 1. The van der Waals surface area contributed by atoms with E-state index in [0.717, 1.165) is 22.5 Å². The molecule has 1 aliphatic heterocycles. The van der Waals surface area contributed by atoms with Crippen molar-refractivity contribution in [2.45, 2.75) is 39.7 Å². The van der Waals surface area contributed by atoms with Gasteiger partial charge in [0.25, 0.3) is 5.91 Å². The zero-order valence-corrected chi connectivity index (χ0v) is 15.4. The summed E-state index contributed by atoms with van der Waals surface area (Å²) in [6.45, 7) is 6.19. The van der Waals surface area contributed by atoms with Crippen molar-refractivity contribution in [3.8, 4) is 5.75 Å². The topological polar surface area (TPSA) is 58.6 Å². The standard InChI is InChI=1S/C21H24N2O3/c1-4-18-21(25)23(17-7-5-6-8-19(17)26-18)12-11-20(24)22-16-13-14(2)9-10-15(16)3/h5-10,13,18H,4,11-12H2,1-3H3,(H,22,24). The molecular weight excluding hydrogens is 328 g/mol. The minimum atomic E-state index is -0.494. The van der Waals surface area contributed by atoms with E-state index in [9.17, 15) is 9.59 Å². The van der Waals surface area contributed by atoms with Crippen LogP contribution in [0.4, 0.5) is 11.4 Å². The van der Waals surface area contributed by atoms with E-state index in [1.54, 1.807) is 4.90 Å². The molecule has 0 radical (unpaired) electrons. The van der Waals surface area contributed by atoms with Crippen molar-refractivity contribution in [3.63, 3.8) is 0 Å². The minimum Gasteiger partial charge on any atom is -0.478 e. The number of aryl methyl sites for hydroxylation is 2. The lowest BCUT2D eigenvalue weighted by molar-refractivity contribution is -0.126. The van der Waals surface area contributed by atoms with Crippen molar-refractivity contribution in [1.82, 2.24) is 0 Å². The molecule has 1 heterocycles. The molecule has 1 atom stereocenters. The maximum Gasteiger partial charge on any atom is 0.268 e. The molecule has 5 heteroatoms. The van der Waals surface area contributed by atoms with Crippen molar-refractivity contribution >= 4 is 23.2 Å². The number of nitrogens with zero attached hydrogens (tertiary/aromatic N) is 1. The van der Waals surface area contributed by atoms with E-state index in [4.69, 9.17) is 4.74 Å². The Morgan fingerprint density at radius 1 is 1.19 bits per heavy atom. The zero-order chi connectivity index (χ0) is 18.7. The number of hydrogen-bond acceptors (Lipinski definition) is 3. The second-order valence-corrected chi connectivity index (χ2v) is 6.59. The first-order valence-electron chi connectivity index (χ1n) is 8.93. The number of benzene rings is 2. The highest BCUT2D eigenvalue weighted by atomic mass is 16.5. The molecule has 1 aliphatic rings. The van der Waals surface area contributed by atoms with Gasteiger partial charge in [0.1, 0.15) is 5.75 Å². The second-order valence-electron chi connectivity index (χ2n) is 6.59. The number of carbonyl (C=O) groups is 2. The molecule has 0 saturated carbocycles. The van der Waals surface area contributed by atoms with E-state index in [2.05, 4.69) is 5.32 Å². The maximum absolute atomic E-state index is 12.7. The minimum absolute atomic E-state index is 0.0919. The number of carbonyl (C=O) groups excluding carboxylic acids is 2. The third kappa shape index (κ3) is 3.72. The molecule has 2 amide bonds. The highest BCUT2D eigenvalue weighted by molar-refractivity contribution is 6.01. The van der Waals surface area contributed by atoms with Crippen LogP contribution in [-0.2, 0) is 9.59 Å². The van der Waals surface area contributed by atoms with Gasteiger partial charge in [-0.15, -0.1) is 0 Å². The van der Waals surface area contributed by atoms with Gasteiger partial charge in [-0.1, -0.05) is 31.2 Å². The van der Waals surface area contributed by atoms with Crippen LogP contribution in [0.5, 0.6) is 5.75 Å². The molecule has 5 nitrogen and oxygen atoms in total. The summed E-state index contributed by atoms with van der Waals surface area (Å²) in [6.07, 6.45) is 0.328. The number of hydrogen-bond donors (Lipinski definition) is 1. The van der Waals surface area contributed by atoms with Gasteiger partial charge in [0.2, 0.25) is 5.91 Å². The van der Waals surface area contributed by atoms with Gasteiger partial charge in [-0.2, -0.15) is 0 Å². The summed E-state index contributed by atoms with van der Waals surface area (Å²) < 4.78 is 5.76. The van der Waals surface area contributed by atoms with Crippen molar-refractivity contribution in [2.24, 2.45) is 0 Å². The molecule has 2 aromatic carbocycles. The predicted molar refractivity (Wildman–Crippen MR) is 103 cm³/mol. The molecule has 0 fully saturated rings. The molecule has 0 bridgehead atoms. The Hall–Kier alpha value is -2.82. The van der Waals surface area contributed by atoms with Gasteiger partial charge in [0, 0.05) is 18.7 Å². The Bertz CT molecular complexity index is 832. The summed E-state index contributed by atoms with van der Waals surface area (Å²) in [5.74, 6) is 0.489. The number of amides is 2. The lowest BCUT2D eigenvalue weighted by Gasteiger charge is -2.34. The van der Waals surface area contributed by atoms with Crippen LogP contribution in [0.15, 0.2) is 42.5 Å². The van der Waals surface area contributed by atoms with Crippen LogP contribution < -0.4 is 15.0 Å². The van der Waals surface area contributed by atoms with E-state index in [0.29, 0.717) is 18.7 Å². The monoisotopic (exact) mass is 352 g/mol. The highest BCUT2D eigenvalue weighted by Crippen LogP contribution is 2.34. The van der Waals surface area contributed by atoms with E-state index in [-0.39, 0.29) is 18.2 Å². The largest absolute Gasteiger partial charge is 0.478 e. The first-order chi connectivity index (χ1) is 12.5. The van der Waals surface area contributed by atoms with E-state index in [1.165, 1.54) is 0 Å². The maximum atomic E-state index is 12.7. The Morgan fingerprint density at radius 2 is 1.96 bits per heavy atom. The van der Waals surface area contributed by atoms with Crippen molar-refractivity contribution in [3.05, 3.63) is 53.6 Å². The average molecular weight is 352 g/mol. The Morgan fingerprint density at radius 3 is 2.73 bits per heavy atom. The average Bonchev–Trinajstić information content (AvgIpc) is 2.63.